The number of amides is 3. The Hall–Kier alpha value is -4.52. The summed E-state index contributed by atoms with van der Waals surface area (Å²) in [6.45, 7) is 7.91. The Morgan fingerprint density at radius 1 is 1.02 bits per heavy atom. The summed E-state index contributed by atoms with van der Waals surface area (Å²) in [4.78, 5) is 59.1. The second kappa shape index (κ2) is 15.8. The third-order valence-corrected chi connectivity index (χ3v) is 15.9. The van der Waals surface area contributed by atoms with Crippen molar-refractivity contribution in [1.29, 1.82) is 0 Å². The number of aliphatic hydroxyl groups excluding tert-OH is 1. The molecular weight excluding hydrogens is 691 g/mol. The third kappa shape index (κ3) is 7.24. The maximum Gasteiger partial charge on any atom is 0.305 e. The van der Waals surface area contributed by atoms with Crippen molar-refractivity contribution in [2.75, 3.05) is 50.3 Å². The molecule has 1 spiro atoms. The van der Waals surface area contributed by atoms with Crippen LogP contribution in [0.5, 0.6) is 5.75 Å². The fraction of sp³-hybridized carbons (Fsp3) is 0.463. The summed E-state index contributed by atoms with van der Waals surface area (Å²) in [5.74, 6) is -0.227. The normalized spacial score (nSPS) is 22.2. The summed E-state index contributed by atoms with van der Waals surface area (Å²) in [6.07, 6.45) is 1.26. The lowest BCUT2D eigenvalue weighted by Crippen LogP contribution is -2.52. The lowest BCUT2D eigenvalue weighted by molar-refractivity contribution is -0.149. The Morgan fingerprint density at radius 2 is 1.75 bits per heavy atom. The molecular formula is C41H51N3O8Si. The number of nitrogens with zero attached hydrogens (tertiary/aromatic N) is 3. The second-order valence-corrected chi connectivity index (χ2v) is 19.6. The molecule has 3 aromatic rings. The lowest BCUT2D eigenvalue weighted by Gasteiger charge is -2.37. The highest BCUT2D eigenvalue weighted by molar-refractivity contribution is 6.91. The van der Waals surface area contributed by atoms with Crippen LogP contribution in [0.15, 0.2) is 72.8 Å². The molecule has 1 N–H and O–H groups in total. The number of fused-ring (bicyclic) bond motifs is 2. The average Bonchev–Trinajstić information content (AvgIpc) is 3.58. The molecule has 53 heavy (non-hydrogen) atoms. The van der Waals surface area contributed by atoms with Crippen LogP contribution in [0.3, 0.4) is 0 Å². The number of hydrogen-bond acceptors (Lipinski definition) is 8. The topological polar surface area (TPSA) is 126 Å². The van der Waals surface area contributed by atoms with E-state index in [1.54, 1.807) is 21.8 Å². The van der Waals surface area contributed by atoms with E-state index in [-0.39, 0.29) is 61.1 Å². The van der Waals surface area contributed by atoms with Crippen LogP contribution >= 0.6 is 0 Å². The van der Waals surface area contributed by atoms with Crippen LogP contribution in [0.25, 0.3) is 0 Å². The van der Waals surface area contributed by atoms with Gasteiger partial charge in [-0.1, -0.05) is 67.7 Å². The van der Waals surface area contributed by atoms with Crippen molar-refractivity contribution in [3.63, 3.8) is 0 Å². The minimum absolute atomic E-state index is 0.0279. The quantitative estimate of drug-likeness (QED) is 0.103. The highest BCUT2D eigenvalue weighted by atomic mass is 28.3. The first-order valence-electron chi connectivity index (χ1n) is 18.5. The molecule has 3 aliphatic rings. The average molecular weight is 742 g/mol. The third-order valence-electron chi connectivity index (χ3n) is 11.5. The zero-order valence-electron chi connectivity index (χ0n) is 31.4. The number of carbonyl (C=O) groups excluding carboxylic acids is 4. The monoisotopic (exact) mass is 741 g/mol. The number of esters is 1. The highest BCUT2D eigenvalue weighted by Crippen LogP contribution is 2.60. The molecule has 12 heteroatoms. The van der Waals surface area contributed by atoms with E-state index in [1.807, 2.05) is 60.7 Å². The van der Waals surface area contributed by atoms with Gasteiger partial charge in [0.1, 0.15) is 5.75 Å². The van der Waals surface area contributed by atoms with E-state index in [9.17, 15) is 19.5 Å². The Morgan fingerprint density at radius 3 is 2.38 bits per heavy atom. The Labute approximate surface area is 312 Å². The molecule has 0 aromatic heterocycles. The van der Waals surface area contributed by atoms with Gasteiger partial charge in [-0.05, 0) is 54.3 Å². The van der Waals surface area contributed by atoms with E-state index in [2.05, 4.69) is 32.2 Å². The van der Waals surface area contributed by atoms with Crippen LogP contribution in [0.4, 0.5) is 11.4 Å². The van der Waals surface area contributed by atoms with E-state index < -0.39 is 19.8 Å². The number of aliphatic hydroxyl groups is 1. The van der Waals surface area contributed by atoms with Crippen molar-refractivity contribution in [3.05, 3.63) is 83.9 Å². The fourth-order valence-electron chi connectivity index (χ4n) is 8.64. The molecule has 2 fully saturated rings. The Balaban J connectivity index is 1.41. The number of hydrogen-bond donors (Lipinski definition) is 1. The van der Waals surface area contributed by atoms with Gasteiger partial charge in [-0.3, -0.25) is 19.2 Å². The maximum absolute atomic E-state index is 15.1. The second-order valence-electron chi connectivity index (χ2n) is 14.9. The van der Waals surface area contributed by atoms with Crippen LogP contribution < -0.4 is 19.7 Å². The first-order chi connectivity index (χ1) is 25.5. The van der Waals surface area contributed by atoms with Crippen molar-refractivity contribution in [2.45, 2.75) is 75.9 Å². The van der Waals surface area contributed by atoms with Gasteiger partial charge >= 0.3 is 5.97 Å². The summed E-state index contributed by atoms with van der Waals surface area (Å²) >= 11 is 0. The van der Waals surface area contributed by atoms with E-state index in [1.165, 1.54) is 7.11 Å². The zero-order valence-corrected chi connectivity index (χ0v) is 32.4. The van der Waals surface area contributed by atoms with Gasteiger partial charge in [0.05, 0.1) is 47.1 Å². The number of methoxy groups -OCH3 is 2. The molecule has 3 aromatic carbocycles. The van der Waals surface area contributed by atoms with Crippen molar-refractivity contribution in [2.24, 2.45) is 5.92 Å². The summed E-state index contributed by atoms with van der Waals surface area (Å²) < 4.78 is 17.5. The van der Waals surface area contributed by atoms with Gasteiger partial charge in [-0.2, -0.15) is 0 Å². The largest absolute Gasteiger partial charge is 0.497 e. The lowest BCUT2D eigenvalue weighted by atomic mass is 9.82. The van der Waals surface area contributed by atoms with Gasteiger partial charge in [0.15, 0.2) is 5.60 Å². The van der Waals surface area contributed by atoms with E-state index in [0.29, 0.717) is 44.5 Å². The molecule has 0 bridgehead atoms. The van der Waals surface area contributed by atoms with E-state index in [0.717, 1.165) is 27.9 Å². The highest BCUT2D eigenvalue weighted by Gasteiger charge is 2.66. The first-order valence-corrected chi connectivity index (χ1v) is 21.6. The number of anilines is 2. The van der Waals surface area contributed by atoms with Crippen molar-refractivity contribution in [3.8, 4) is 5.75 Å². The number of carbonyl (C=O) groups is 4. The van der Waals surface area contributed by atoms with Crippen molar-refractivity contribution < 1.29 is 38.5 Å². The van der Waals surface area contributed by atoms with Crippen LogP contribution in [0.2, 0.25) is 18.6 Å². The molecule has 0 aliphatic carbocycles. The van der Waals surface area contributed by atoms with Crippen LogP contribution in [-0.4, -0.2) is 88.3 Å². The molecule has 282 valence electrons. The molecule has 2 saturated heterocycles. The molecule has 0 radical (unpaired) electrons. The molecule has 6 rings (SSSR count). The van der Waals surface area contributed by atoms with Crippen LogP contribution in [-0.2, 0) is 40.8 Å². The van der Waals surface area contributed by atoms with Gasteiger partial charge < -0.3 is 34.0 Å². The van der Waals surface area contributed by atoms with E-state index >= 15 is 4.79 Å². The smallest absolute Gasteiger partial charge is 0.305 e. The van der Waals surface area contributed by atoms with Gasteiger partial charge in [-0.25, -0.2) is 0 Å². The maximum atomic E-state index is 15.1. The van der Waals surface area contributed by atoms with Crippen LogP contribution in [0, 0.1) is 5.92 Å². The number of rotatable bonds is 15. The summed E-state index contributed by atoms with van der Waals surface area (Å²) in [6, 6.07) is 23.5. The van der Waals surface area contributed by atoms with E-state index in [4.69, 9.17) is 14.2 Å². The zero-order chi connectivity index (χ0) is 37.9. The number of benzene rings is 3. The Kier molecular flexibility index (Phi) is 11.4. The van der Waals surface area contributed by atoms with Crippen molar-refractivity contribution in [1.82, 2.24) is 4.90 Å². The van der Waals surface area contributed by atoms with Gasteiger partial charge in [0.25, 0.3) is 5.91 Å². The van der Waals surface area contributed by atoms with Gasteiger partial charge in [0.2, 0.25) is 11.8 Å². The van der Waals surface area contributed by atoms with Gasteiger partial charge in [0, 0.05) is 56.2 Å². The molecule has 0 saturated carbocycles. The molecule has 3 heterocycles. The molecule has 3 amide bonds. The minimum Gasteiger partial charge on any atom is -0.497 e. The van der Waals surface area contributed by atoms with Crippen LogP contribution in [0.1, 0.15) is 50.2 Å². The molecule has 11 nitrogen and oxygen atoms in total. The predicted molar refractivity (Wildman–Crippen MR) is 205 cm³/mol. The summed E-state index contributed by atoms with van der Waals surface area (Å²) in [7, 11) is 0.454. The minimum atomic E-state index is -2.55. The molecule has 3 aliphatic heterocycles. The van der Waals surface area contributed by atoms with Gasteiger partial charge in [-0.15, -0.1) is 0 Å². The SMILES string of the molecule is COC(=O)CCCCN1C(=O)[C@]2(O[C@H](CC(=O)N(CCO)Cc3ccccc3)[C@@H]([Si](C)(C)c3ccc(OC)cc3)[C@@H]2C)c2cc(N3CCC3=O)ccc21. The fourth-order valence-corrected chi connectivity index (χ4v) is 12.6. The van der Waals surface area contributed by atoms with Crippen molar-refractivity contribution >= 4 is 48.3 Å². The summed E-state index contributed by atoms with van der Waals surface area (Å²) in [5, 5.41) is 11.1. The number of unbranched alkanes of at least 4 members (excludes halogenated alkanes) is 1. The number of ether oxygens (including phenoxy) is 3. The predicted octanol–water partition coefficient (Wildman–Crippen LogP) is 4.75. The number of β-lactam (4-membered cyclic amide) rings is 1. The molecule has 0 unspecified atom stereocenters. The Bertz CT molecular complexity index is 1820. The summed E-state index contributed by atoms with van der Waals surface area (Å²) in [5.41, 5.74) is 1.50. The first kappa shape index (κ1) is 38.2. The standard InChI is InChI=1S/C41H51N3O8Si/c1-28-39(53(4,5)32-17-15-31(50-2)16-18-32)35(26-37(47)42(23-24-45)27-29-11-7-6-8-12-29)52-41(28)33-25-30(43-22-20-36(43)46)14-19-34(33)44(40(41)49)21-10-9-13-38(48)51-3/h6-8,11-12,14-19,25,28,35,39,45H,9-10,13,20-24,26-27H2,1-5H3/t28-,35+,39-,41+/m0/s1. The molecule has 4 atom stereocenters.